The number of halogens is 3. The third-order valence-electron chi connectivity index (χ3n) is 7.18. The molecule has 3 aromatic rings. The Labute approximate surface area is 236 Å². The second-order valence-electron chi connectivity index (χ2n) is 11.1. The van der Waals surface area contributed by atoms with Crippen molar-refractivity contribution in [2.24, 2.45) is 17.8 Å². The Bertz CT molecular complexity index is 1390. The Morgan fingerprint density at radius 1 is 1.13 bits per heavy atom. The highest BCUT2D eigenvalue weighted by Gasteiger charge is 2.43. The molecule has 0 bridgehead atoms. The predicted octanol–water partition coefficient (Wildman–Crippen LogP) is 7.10. The molecule has 2 heterocycles. The van der Waals surface area contributed by atoms with Crippen molar-refractivity contribution in [2.45, 2.75) is 39.2 Å². The van der Waals surface area contributed by atoms with Gasteiger partial charge in [0.05, 0.1) is 35.0 Å². The van der Waals surface area contributed by atoms with Gasteiger partial charge in [0, 0.05) is 24.5 Å². The van der Waals surface area contributed by atoms with Crippen LogP contribution in [-0.2, 0) is 4.74 Å². The molecule has 11 heteroatoms. The van der Waals surface area contributed by atoms with Gasteiger partial charge in [-0.25, -0.2) is 19.2 Å². The zero-order valence-corrected chi connectivity index (χ0v) is 23.8. The van der Waals surface area contributed by atoms with Crippen molar-refractivity contribution >= 4 is 51.7 Å². The second-order valence-corrected chi connectivity index (χ2v) is 11.9. The summed E-state index contributed by atoms with van der Waals surface area (Å²) in [7, 11) is 1.56. The monoisotopic (exact) mass is 576 g/mol. The van der Waals surface area contributed by atoms with Crippen LogP contribution in [0.15, 0.2) is 30.6 Å². The van der Waals surface area contributed by atoms with E-state index in [1.807, 2.05) is 25.7 Å². The third kappa shape index (κ3) is 5.94. The minimum atomic E-state index is -0.668. The van der Waals surface area contributed by atoms with Gasteiger partial charge in [0.1, 0.15) is 17.7 Å². The lowest BCUT2D eigenvalue weighted by atomic mass is 10.0. The maximum atomic E-state index is 14.6. The fraction of sp³-hybridized carbons (Fsp3) is 0.464. The van der Waals surface area contributed by atoms with Crippen LogP contribution in [0, 0.1) is 23.6 Å². The maximum absolute atomic E-state index is 14.6. The van der Waals surface area contributed by atoms with Crippen molar-refractivity contribution in [1.82, 2.24) is 14.9 Å². The second kappa shape index (κ2) is 10.8. The standard InChI is InChI=1S/C28H31Cl2FN4O4/c1-28(2,3)39-27(36)35-11-16-7-15(8-17(16)12-35)13-38-23-10-21-18(9-22(23)37-4)26(33-14-32-21)34-20-6-5-19(29)24(30)25(20)31/h5-6,9-10,14-17H,7-8,11-13H2,1-4H3,(H,32,33,34). The number of carbonyl (C=O) groups is 1. The van der Waals surface area contributed by atoms with Crippen LogP contribution in [0.25, 0.3) is 10.9 Å². The van der Waals surface area contributed by atoms with E-state index >= 15 is 0 Å². The Hall–Kier alpha value is -3.04. The van der Waals surface area contributed by atoms with Gasteiger partial charge in [0.15, 0.2) is 17.3 Å². The summed E-state index contributed by atoms with van der Waals surface area (Å²) in [6.07, 6.45) is 3.14. The molecule has 0 radical (unpaired) electrons. The summed E-state index contributed by atoms with van der Waals surface area (Å²) >= 11 is 11.9. The van der Waals surface area contributed by atoms with Gasteiger partial charge in [-0.1, -0.05) is 23.2 Å². The molecule has 2 aromatic carbocycles. The third-order valence-corrected chi connectivity index (χ3v) is 7.97. The number of nitrogens with zero attached hydrogens (tertiary/aromatic N) is 3. The van der Waals surface area contributed by atoms with Gasteiger partial charge in [-0.05, 0) is 69.6 Å². The number of hydrogen-bond acceptors (Lipinski definition) is 7. The molecule has 1 aliphatic heterocycles. The van der Waals surface area contributed by atoms with E-state index in [4.69, 9.17) is 37.4 Å². The number of hydrogen-bond donors (Lipinski definition) is 1. The molecule has 2 aliphatic rings. The average molecular weight is 577 g/mol. The summed E-state index contributed by atoms with van der Waals surface area (Å²) in [4.78, 5) is 22.9. The van der Waals surface area contributed by atoms with Gasteiger partial charge in [0.25, 0.3) is 0 Å². The summed E-state index contributed by atoms with van der Waals surface area (Å²) in [5.74, 6) is 2.09. The number of fused-ring (bicyclic) bond motifs is 2. The van der Waals surface area contributed by atoms with Gasteiger partial charge in [-0.2, -0.15) is 0 Å². The van der Waals surface area contributed by atoms with Crippen LogP contribution in [-0.4, -0.2) is 53.4 Å². The minimum Gasteiger partial charge on any atom is -0.493 e. The number of likely N-dealkylation sites (tertiary alicyclic amines) is 1. The van der Waals surface area contributed by atoms with Crippen molar-refractivity contribution in [3.8, 4) is 11.5 Å². The van der Waals surface area contributed by atoms with E-state index in [1.165, 1.54) is 18.5 Å². The average Bonchev–Trinajstić information content (AvgIpc) is 3.46. The van der Waals surface area contributed by atoms with Crippen LogP contribution >= 0.6 is 23.2 Å². The van der Waals surface area contributed by atoms with E-state index in [9.17, 15) is 9.18 Å². The molecule has 1 aliphatic carbocycles. The van der Waals surface area contributed by atoms with Crippen LogP contribution in [0.2, 0.25) is 10.0 Å². The fourth-order valence-corrected chi connectivity index (χ4v) is 5.74. The van der Waals surface area contributed by atoms with E-state index in [-0.39, 0.29) is 21.8 Å². The Balaban J connectivity index is 1.26. The highest BCUT2D eigenvalue weighted by atomic mass is 35.5. The van der Waals surface area contributed by atoms with Crippen LogP contribution in [0.4, 0.5) is 20.7 Å². The van der Waals surface area contributed by atoms with E-state index < -0.39 is 11.4 Å². The maximum Gasteiger partial charge on any atom is 0.410 e. The molecule has 5 rings (SSSR count). The molecule has 1 N–H and O–H groups in total. The van der Waals surface area contributed by atoms with Crippen LogP contribution in [0.1, 0.15) is 33.6 Å². The number of benzene rings is 2. The molecular formula is C28H31Cl2FN4O4. The van der Waals surface area contributed by atoms with Crippen molar-refractivity contribution in [2.75, 3.05) is 32.1 Å². The molecule has 39 heavy (non-hydrogen) atoms. The summed E-state index contributed by atoms with van der Waals surface area (Å²) in [6, 6.07) is 6.57. The van der Waals surface area contributed by atoms with Gasteiger partial charge in [-0.15, -0.1) is 0 Å². The van der Waals surface area contributed by atoms with Crippen molar-refractivity contribution in [3.05, 3.63) is 46.5 Å². The molecule has 2 fully saturated rings. The Morgan fingerprint density at radius 3 is 2.51 bits per heavy atom. The summed E-state index contributed by atoms with van der Waals surface area (Å²) < 4.78 is 32.0. The van der Waals surface area contributed by atoms with Crippen LogP contribution in [0.3, 0.4) is 0 Å². The number of nitrogens with one attached hydrogen (secondary N) is 1. The Kier molecular flexibility index (Phi) is 7.66. The van der Waals surface area contributed by atoms with Gasteiger partial charge < -0.3 is 24.4 Å². The van der Waals surface area contributed by atoms with Gasteiger partial charge in [-0.3, -0.25) is 0 Å². The fourth-order valence-electron chi connectivity index (χ4n) is 5.43. The molecule has 208 valence electrons. The van der Waals surface area contributed by atoms with E-state index in [1.54, 1.807) is 19.2 Å². The Morgan fingerprint density at radius 2 is 1.85 bits per heavy atom. The molecule has 2 unspecified atom stereocenters. The lowest BCUT2D eigenvalue weighted by Crippen LogP contribution is -2.36. The number of methoxy groups -OCH3 is 1. The molecule has 1 amide bonds. The molecule has 2 atom stereocenters. The molecule has 8 nitrogen and oxygen atoms in total. The first-order valence-electron chi connectivity index (χ1n) is 12.9. The van der Waals surface area contributed by atoms with Crippen molar-refractivity contribution < 1.29 is 23.4 Å². The number of aromatic nitrogens is 2. The zero-order valence-electron chi connectivity index (χ0n) is 22.3. The summed E-state index contributed by atoms with van der Waals surface area (Å²) in [6.45, 7) is 7.63. The number of anilines is 2. The van der Waals surface area contributed by atoms with Gasteiger partial charge >= 0.3 is 6.09 Å². The van der Waals surface area contributed by atoms with Crippen LogP contribution in [0.5, 0.6) is 11.5 Å². The lowest BCUT2D eigenvalue weighted by molar-refractivity contribution is 0.0276. The molecule has 0 spiro atoms. The molecule has 1 aromatic heterocycles. The topological polar surface area (TPSA) is 85.8 Å². The largest absolute Gasteiger partial charge is 0.493 e. The highest BCUT2D eigenvalue weighted by Crippen LogP contribution is 2.43. The lowest BCUT2D eigenvalue weighted by Gasteiger charge is -2.25. The summed E-state index contributed by atoms with van der Waals surface area (Å²) in [5, 5.41) is 3.57. The first kappa shape index (κ1) is 27.5. The molecule has 1 saturated carbocycles. The quantitative estimate of drug-likeness (QED) is 0.313. The smallest absolute Gasteiger partial charge is 0.410 e. The van der Waals surface area contributed by atoms with E-state index in [0.29, 0.717) is 52.6 Å². The number of rotatable bonds is 6. The van der Waals surface area contributed by atoms with E-state index in [0.717, 1.165) is 25.9 Å². The molecular weight excluding hydrogens is 546 g/mol. The number of carbonyl (C=O) groups excluding carboxylic acids is 1. The zero-order chi connectivity index (χ0) is 27.9. The van der Waals surface area contributed by atoms with Crippen molar-refractivity contribution in [1.29, 1.82) is 0 Å². The first-order chi connectivity index (χ1) is 18.5. The normalized spacial score (nSPS) is 20.7. The highest BCUT2D eigenvalue weighted by molar-refractivity contribution is 6.42. The number of amides is 1. The number of ether oxygens (including phenoxy) is 3. The minimum absolute atomic E-state index is 0.127. The van der Waals surface area contributed by atoms with Crippen molar-refractivity contribution in [3.63, 3.8) is 0 Å². The van der Waals surface area contributed by atoms with E-state index in [2.05, 4.69) is 15.3 Å². The summed E-state index contributed by atoms with van der Waals surface area (Å²) in [5.41, 5.74) is 0.256. The predicted molar refractivity (Wildman–Crippen MR) is 149 cm³/mol. The molecule has 1 saturated heterocycles. The SMILES string of the molecule is COc1cc2c(Nc3ccc(Cl)c(Cl)c3F)ncnc2cc1OCC1CC2CN(C(=O)OC(C)(C)C)CC2C1. The van der Waals surface area contributed by atoms with Crippen LogP contribution < -0.4 is 14.8 Å². The van der Waals surface area contributed by atoms with Gasteiger partial charge in [0.2, 0.25) is 0 Å². The first-order valence-corrected chi connectivity index (χ1v) is 13.6.